The van der Waals surface area contributed by atoms with Crippen molar-refractivity contribution < 1.29 is 19.3 Å². The van der Waals surface area contributed by atoms with E-state index in [-0.39, 0.29) is 31.1 Å². The Morgan fingerprint density at radius 3 is 2.86 bits per heavy atom. The lowest BCUT2D eigenvalue weighted by Gasteiger charge is -2.17. The summed E-state index contributed by atoms with van der Waals surface area (Å²) in [5.74, 6) is -0.00290. The van der Waals surface area contributed by atoms with E-state index < -0.39 is 6.10 Å². The summed E-state index contributed by atoms with van der Waals surface area (Å²) in [4.78, 5) is 0. The van der Waals surface area contributed by atoms with Crippen molar-refractivity contribution in [3.05, 3.63) is 35.6 Å². The molecule has 2 rings (SSSR count). The summed E-state index contributed by atoms with van der Waals surface area (Å²) in [5, 5.41) is 22.6. The fraction of sp³-hybridized carbons (Fsp3) is 0.625. The summed E-state index contributed by atoms with van der Waals surface area (Å²) in [7, 11) is 0. The maximum atomic E-state index is 13.3. The van der Waals surface area contributed by atoms with Gasteiger partial charge < -0.3 is 20.3 Å². The summed E-state index contributed by atoms with van der Waals surface area (Å²) in [6, 6.07) is 6.45. The third-order valence-electron chi connectivity index (χ3n) is 3.93. The molecule has 1 aliphatic rings. The van der Waals surface area contributed by atoms with E-state index in [1.54, 1.807) is 18.2 Å². The lowest BCUT2D eigenvalue weighted by molar-refractivity contribution is 0.0266. The standard InChI is InChI=1S/C16H24FNO3/c17-15-6-2-1-4-13(15)10-21-11-14(19)9-18-8-12-5-3-7-16(12)20/h1-2,4,6,12,14,16,18-20H,3,5,7-11H2. The molecule has 1 saturated carbocycles. The molecular formula is C16H24FNO3. The molecule has 0 heterocycles. The van der Waals surface area contributed by atoms with E-state index in [9.17, 15) is 14.6 Å². The second-order valence-electron chi connectivity index (χ2n) is 5.68. The van der Waals surface area contributed by atoms with Gasteiger partial charge in [0.2, 0.25) is 0 Å². The smallest absolute Gasteiger partial charge is 0.128 e. The average molecular weight is 297 g/mol. The highest BCUT2D eigenvalue weighted by atomic mass is 19.1. The minimum Gasteiger partial charge on any atom is -0.393 e. The Labute approximate surface area is 124 Å². The zero-order valence-corrected chi connectivity index (χ0v) is 12.2. The number of benzene rings is 1. The van der Waals surface area contributed by atoms with Crippen LogP contribution >= 0.6 is 0 Å². The first-order chi connectivity index (χ1) is 10.2. The zero-order valence-electron chi connectivity index (χ0n) is 12.2. The molecule has 1 aromatic rings. The molecule has 21 heavy (non-hydrogen) atoms. The monoisotopic (exact) mass is 297 g/mol. The second-order valence-corrected chi connectivity index (χ2v) is 5.68. The Morgan fingerprint density at radius 1 is 1.33 bits per heavy atom. The summed E-state index contributed by atoms with van der Waals surface area (Å²) in [6.45, 7) is 1.45. The lowest BCUT2D eigenvalue weighted by atomic mass is 10.1. The second kappa shape index (κ2) is 8.44. The quantitative estimate of drug-likeness (QED) is 0.680. The van der Waals surface area contributed by atoms with E-state index in [2.05, 4.69) is 5.32 Å². The molecule has 1 aromatic carbocycles. The predicted octanol–water partition coefficient (Wildman–Crippen LogP) is 1.45. The number of nitrogens with one attached hydrogen (secondary N) is 1. The van der Waals surface area contributed by atoms with Crippen LogP contribution in [0.5, 0.6) is 0 Å². The van der Waals surface area contributed by atoms with Crippen LogP contribution in [0.2, 0.25) is 0 Å². The minimum absolute atomic E-state index is 0.158. The molecular weight excluding hydrogens is 273 g/mol. The van der Waals surface area contributed by atoms with Crippen LogP contribution in [0.3, 0.4) is 0 Å². The van der Waals surface area contributed by atoms with Crippen molar-refractivity contribution in [1.82, 2.24) is 5.32 Å². The third-order valence-corrected chi connectivity index (χ3v) is 3.93. The van der Waals surface area contributed by atoms with Gasteiger partial charge in [-0.25, -0.2) is 4.39 Å². The molecule has 0 aliphatic heterocycles. The van der Waals surface area contributed by atoms with Gasteiger partial charge >= 0.3 is 0 Å². The van der Waals surface area contributed by atoms with Crippen LogP contribution < -0.4 is 5.32 Å². The fourth-order valence-corrected chi connectivity index (χ4v) is 2.67. The largest absolute Gasteiger partial charge is 0.393 e. The highest BCUT2D eigenvalue weighted by Crippen LogP contribution is 2.24. The molecule has 3 atom stereocenters. The van der Waals surface area contributed by atoms with E-state index in [1.807, 2.05) is 0 Å². The van der Waals surface area contributed by atoms with Gasteiger partial charge in [-0.2, -0.15) is 0 Å². The summed E-state index contributed by atoms with van der Waals surface area (Å²) in [6.07, 6.45) is 2.14. The lowest BCUT2D eigenvalue weighted by Crippen LogP contribution is -2.35. The SMILES string of the molecule is OC(CNCC1CCCC1O)COCc1ccccc1F. The first-order valence-electron chi connectivity index (χ1n) is 7.55. The van der Waals surface area contributed by atoms with Crippen molar-refractivity contribution in [2.24, 2.45) is 5.92 Å². The highest BCUT2D eigenvalue weighted by molar-refractivity contribution is 5.16. The average Bonchev–Trinajstić information content (AvgIpc) is 2.87. The number of rotatable bonds is 8. The Kier molecular flexibility index (Phi) is 6.57. The van der Waals surface area contributed by atoms with Crippen LogP contribution in [-0.2, 0) is 11.3 Å². The van der Waals surface area contributed by atoms with Crippen LogP contribution in [0, 0.1) is 11.7 Å². The maximum absolute atomic E-state index is 13.3. The number of aliphatic hydroxyl groups is 2. The van der Waals surface area contributed by atoms with Crippen LogP contribution in [0.25, 0.3) is 0 Å². The zero-order chi connectivity index (χ0) is 15.1. The Balaban J connectivity index is 1.57. The normalized spacial score (nSPS) is 23.4. The molecule has 0 radical (unpaired) electrons. The molecule has 0 spiro atoms. The van der Waals surface area contributed by atoms with Crippen LogP contribution in [0.4, 0.5) is 4.39 Å². The number of halogens is 1. The van der Waals surface area contributed by atoms with Crippen molar-refractivity contribution in [3.63, 3.8) is 0 Å². The Hall–Kier alpha value is -1.01. The van der Waals surface area contributed by atoms with Gasteiger partial charge in [0.25, 0.3) is 0 Å². The molecule has 0 bridgehead atoms. The van der Waals surface area contributed by atoms with Gasteiger partial charge in [0.1, 0.15) is 5.82 Å². The Bertz CT molecular complexity index is 430. The predicted molar refractivity (Wildman–Crippen MR) is 78.3 cm³/mol. The first kappa shape index (κ1) is 16.4. The van der Waals surface area contributed by atoms with Gasteiger partial charge in [0, 0.05) is 18.7 Å². The van der Waals surface area contributed by atoms with Gasteiger partial charge in [-0.1, -0.05) is 24.6 Å². The molecule has 0 aromatic heterocycles. The number of hydrogen-bond acceptors (Lipinski definition) is 4. The van der Waals surface area contributed by atoms with E-state index >= 15 is 0 Å². The summed E-state index contributed by atoms with van der Waals surface area (Å²) in [5.41, 5.74) is 0.492. The minimum atomic E-state index is -0.629. The van der Waals surface area contributed by atoms with Crippen LogP contribution in [0.15, 0.2) is 24.3 Å². The molecule has 118 valence electrons. The van der Waals surface area contributed by atoms with E-state index in [1.165, 1.54) is 6.07 Å². The van der Waals surface area contributed by atoms with Crippen molar-refractivity contribution in [2.45, 2.75) is 38.1 Å². The maximum Gasteiger partial charge on any atom is 0.128 e. The number of hydrogen-bond donors (Lipinski definition) is 3. The molecule has 0 amide bonds. The van der Waals surface area contributed by atoms with Crippen molar-refractivity contribution in [1.29, 1.82) is 0 Å². The van der Waals surface area contributed by atoms with Gasteiger partial charge in [0.05, 0.1) is 25.4 Å². The molecule has 1 fully saturated rings. The summed E-state index contributed by atoms with van der Waals surface area (Å²) < 4.78 is 18.7. The molecule has 3 unspecified atom stereocenters. The third kappa shape index (κ3) is 5.36. The fourth-order valence-electron chi connectivity index (χ4n) is 2.67. The van der Waals surface area contributed by atoms with Gasteiger partial charge in [0.15, 0.2) is 0 Å². The molecule has 0 saturated heterocycles. The highest BCUT2D eigenvalue weighted by Gasteiger charge is 2.24. The Morgan fingerprint density at radius 2 is 2.14 bits per heavy atom. The van der Waals surface area contributed by atoms with Crippen LogP contribution in [0.1, 0.15) is 24.8 Å². The van der Waals surface area contributed by atoms with Gasteiger partial charge in [-0.05, 0) is 24.8 Å². The van der Waals surface area contributed by atoms with Gasteiger partial charge in [-0.3, -0.25) is 0 Å². The van der Waals surface area contributed by atoms with Gasteiger partial charge in [-0.15, -0.1) is 0 Å². The van der Waals surface area contributed by atoms with Crippen molar-refractivity contribution >= 4 is 0 Å². The van der Waals surface area contributed by atoms with E-state index in [0.29, 0.717) is 18.7 Å². The molecule has 4 nitrogen and oxygen atoms in total. The number of ether oxygens (including phenoxy) is 1. The molecule has 5 heteroatoms. The van der Waals surface area contributed by atoms with E-state index in [0.717, 1.165) is 19.3 Å². The first-order valence-corrected chi connectivity index (χ1v) is 7.55. The molecule has 1 aliphatic carbocycles. The summed E-state index contributed by atoms with van der Waals surface area (Å²) >= 11 is 0. The van der Waals surface area contributed by atoms with Crippen molar-refractivity contribution in [2.75, 3.05) is 19.7 Å². The topological polar surface area (TPSA) is 61.7 Å². The van der Waals surface area contributed by atoms with E-state index in [4.69, 9.17) is 4.74 Å². The molecule has 3 N–H and O–H groups in total. The van der Waals surface area contributed by atoms with Crippen LogP contribution in [-0.4, -0.2) is 42.1 Å². The number of aliphatic hydroxyl groups excluding tert-OH is 2. The van der Waals surface area contributed by atoms with Crippen molar-refractivity contribution in [3.8, 4) is 0 Å².